The standard InChI is InChI=1S/C21H38N2O5/c1-9-10-14-28-20(4,5)19(25)27-16-21(6,15-26-17(2)3)18(24)22-12-11-13-23(7)8/h1,17H,10-16H2,2-8H3,(H,22,24). The fourth-order valence-corrected chi connectivity index (χ4v) is 2.16. The Morgan fingerprint density at radius 2 is 1.82 bits per heavy atom. The van der Waals surface area contributed by atoms with E-state index in [0.717, 1.165) is 13.0 Å². The number of nitrogens with one attached hydrogen (secondary N) is 1. The highest BCUT2D eigenvalue weighted by Crippen LogP contribution is 2.21. The van der Waals surface area contributed by atoms with Crippen LogP contribution in [0.1, 0.15) is 47.5 Å². The molecule has 0 aliphatic heterocycles. The molecule has 28 heavy (non-hydrogen) atoms. The predicted octanol–water partition coefficient (Wildman–Crippen LogP) is 1.85. The zero-order valence-corrected chi connectivity index (χ0v) is 18.6. The van der Waals surface area contributed by atoms with Crippen LogP contribution in [-0.2, 0) is 23.8 Å². The molecule has 0 saturated carbocycles. The van der Waals surface area contributed by atoms with Gasteiger partial charge in [0, 0.05) is 13.0 Å². The van der Waals surface area contributed by atoms with Crippen LogP contribution in [0.2, 0.25) is 0 Å². The topological polar surface area (TPSA) is 77.1 Å². The largest absolute Gasteiger partial charge is 0.462 e. The third-order valence-electron chi connectivity index (χ3n) is 4.07. The summed E-state index contributed by atoms with van der Waals surface area (Å²) in [4.78, 5) is 27.2. The molecule has 0 aromatic rings. The van der Waals surface area contributed by atoms with Crippen molar-refractivity contribution in [2.24, 2.45) is 5.41 Å². The summed E-state index contributed by atoms with van der Waals surface area (Å²) < 4.78 is 16.6. The minimum atomic E-state index is -1.14. The molecule has 0 bridgehead atoms. The Balaban J connectivity index is 4.86. The van der Waals surface area contributed by atoms with Crippen LogP contribution in [-0.4, -0.2) is 75.5 Å². The average Bonchev–Trinajstić information content (AvgIpc) is 2.61. The van der Waals surface area contributed by atoms with Gasteiger partial charge < -0.3 is 24.4 Å². The molecule has 0 aromatic carbocycles. The summed E-state index contributed by atoms with van der Waals surface area (Å²) in [5.41, 5.74) is -2.13. The minimum absolute atomic E-state index is 0.0416. The van der Waals surface area contributed by atoms with Crippen LogP contribution in [0.4, 0.5) is 0 Å². The maximum absolute atomic E-state index is 12.7. The molecule has 7 heteroatoms. The number of esters is 1. The van der Waals surface area contributed by atoms with Crippen molar-refractivity contribution in [2.45, 2.75) is 59.2 Å². The SMILES string of the molecule is C#CCCOC(C)(C)C(=O)OCC(C)(COC(C)C)C(=O)NCCCN(C)C. The Hall–Kier alpha value is -1.62. The first kappa shape index (κ1) is 26.4. The van der Waals surface area contributed by atoms with Gasteiger partial charge in [0.1, 0.15) is 12.0 Å². The quantitative estimate of drug-likeness (QED) is 0.273. The van der Waals surface area contributed by atoms with E-state index in [1.807, 2.05) is 27.9 Å². The first-order valence-corrected chi connectivity index (χ1v) is 9.74. The number of carbonyl (C=O) groups excluding carboxylic acids is 2. The van der Waals surface area contributed by atoms with Gasteiger partial charge in [0.2, 0.25) is 5.91 Å². The average molecular weight is 399 g/mol. The van der Waals surface area contributed by atoms with E-state index in [1.165, 1.54) is 0 Å². The molecule has 0 saturated heterocycles. The van der Waals surface area contributed by atoms with Crippen LogP contribution in [0.25, 0.3) is 0 Å². The van der Waals surface area contributed by atoms with E-state index < -0.39 is 17.0 Å². The van der Waals surface area contributed by atoms with Gasteiger partial charge in [-0.05, 0) is 61.7 Å². The van der Waals surface area contributed by atoms with Crippen molar-refractivity contribution < 1.29 is 23.8 Å². The van der Waals surface area contributed by atoms with Crippen LogP contribution >= 0.6 is 0 Å². The fraction of sp³-hybridized carbons (Fsp3) is 0.810. The van der Waals surface area contributed by atoms with Gasteiger partial charge in [0.05, 0.1) is 19.3 Å². The van der Waals surface area contributed by atoms with Gasteiger partial charge >= 0.3 is 5.97 Å². The molecule has 1 atom stereocenters. The lowest BCUT2D eigenvalue weighted by Gasteiger charge is -2.30. The lowest BCUT2D eigenvalue weighted by atomic mass is 9.91. The summed E-state index contributed by atoms with van der Waals surface area (Å²) in [6, 6.07) is 0. The summed E-state index contributed by atoms with van der Waals surface area (Å²) in [5, 5.41) is 2.92. The summed E-state index contributed by atoms with van der Waals surface area (Å²) in [5.74, 6) is 1.72. The molecule has 162 valence electrons. The molecule has 1 amide bonds. The van der Waals surface area contributed by atoms with Crippen molar-refractivity contribution in [1.82, 2.24) is 10.2 Å². The summed E-state index contributed by atoms with van der Waals surface area (Å²) in [6.45, 7) is 10.5. The Morgan fingerprint density at radius 3 is 2.36 bits per heavy atom. The summed E-state index contributed by atoms with van der Waals surface area (Å²) in [7, 11) is 3.96. The Labute approximate surface area is 170 Å². The molecule has 0 rings (SSSR count). The van der Waals surface area contributed by atoms with E-state index in [2.05, 4.69) is 16.1 Å². The third kappa shape index (κ3) is 10.6. The smallest absolute Gasteiger partial charge is 0.337 e. The van der Waals surface area contributed by atoms with Gasteiger partial charge in [-0.25, -0.2) is 4.79 Å². The second-order valence-electron chi connectivity index (χ2n) is 8.22. The number of amides is 1. The number of hydrogen-bond acceptors (Lipinski definition) is 6. The Bertz CT molecular complexity index is 525. The molecule has 0 heterocycles. The molecule has 0 aromatic heterocycles. The van der Waals surface area contributed by atoms with Crippen molar-refractivity contribution in [3.05, 3.63) is 0 Å². The highest BCUT2D eigenvalue weighted by Gasteiger charge is 2.38. The zero-order chi connectivity index (χ0) is 21.8. The van der Waals surface area contributed by atoms with E-state index >= 15 is 0 Å². The van der Waals surface area contributed by atoms with Gasteiger partial charge in [-0.15, -0.1) is 12.3 Å². The van der Waals surface area contributed by atoms with Crippen LogP contribution < -0.4 is 5.32 Å². The van der Waals surface area contributed by atoms with Crippen LogP contribution in [0.3, 0.4) is 0 Å². The Morgan fingerprint density at radius 1 is 1.18 bits per heavy atom. The zero-order valence-electron chi connectivity index (χ0n) is 18.6. The van der Waals surface area contributed by atoms with E-state index in [4.69, 9.17) is 20.6 Å². The molecule has 0 radical (unpaired) electrons. The summed E-state index contributed by atoms with van der Waals surface area (Å²) >= 11 is 0. The van der Waals surface area contributed by atoms with E-state index in [1.54, 1.807) is 20.8 Å². The van der Waals surface area contributed by atoms with Gasteiger partial charge in [-0.3, -0.25) is 4.79 Å². The minimum Gasteiger partial charge on any atom is -0.462 e. The van der Waals surface area contributed by atoms with Crippen LogP contribution in [0, 0.1) is 17.8 Å². The second kappa shape index (κ2) is 12.8. The second-order valence-corrected chi connectivity index (χ2v) is 8.22. The molecule has 1 N–H and O–H groups in total. The van der Waals surface area contributed by atoms with Crippen molar-refractivity contribution in [2.75, 3.05) is 47.0 Å². The van der Waals surface area contributed by atoms with Crippen LogP contribution in [0.5, 0.6) is 0 Å². The molecule has 0 fully saturated rings. The fourth-order valence-electron chi connectivity index (χ4n) is 2.16. The molecule has 1 unspecified atom stereocenters. The number of ether oxygens (including phenoxy) is 3. The number of hydrogen-bond donors (Lipinski definition) is 1. The number of terminal acetylenes is 1. The molecular formula is C21H38N2O5. The van der Waals surface area contributed by atoms with Gasteiger partial charge in [0.25, 0.3) is 0 Å². The van der Waals surface area contributed by atoms with E-state index in [-0.39, 0.29) is 31.8 Å². The third-order valence-corrected chi connectivity index (χ3v) is 4.07. The van der Waals surface area contributed by atoms with Gasteiger partial charge in [-0.2, -0.15) is 0 Å². The maximum atomic E-state index is 12.7. The molecule has 7 nitrogen and oxygen atoms in total. The van der Waals surface area contributed by atoms with E-state index in [0.29, 0.717) is 13.0 Å². The van der Waals surface area contributed by atoms with Gasteiger partial charge in [-0.1, -0.05) is 0 Å². The highest BCUT2D eigenvalue weighted by atomic mass is 16.6. The van der Waals surface area contributed by atoms with Crippen molar-refractivity contribution in [3.63, 3.8) is 0 Å². The first-order chi connectivity index (χ1) is 12.9. The number of carbonyl (C=O) groups is 2. The molecule has 0 aliphatic rings. The first-order valence-electron chi connectivity index (χ1n) is 9.74. The Kier molecular flexibility index (Phi) is 12.0. The normalized spacial score (nSPS) is 13.9. The predicted molar refractivity (Wildman–Crippen MR) is 110 cm³/mol. The lowest BCUT2D eigenvalue weighted by Crippen LogP contribution is -2.48. The monoisotopic (exact) mass is 398 g/mol. The maximum Gasteiger partial charge on any atom is 0.337 e. The molecular weight excluding hydrogens is 360 g/mol. The number of rotatable bonds is 14. The molecule has 0 spiro atoms. The highest BCUT2D eigenvalue weighted by molar-refractivity contribution is 5.83. The van der Waals surface area contributed by atoms with Crippen molar-refractivity contribution >= 4 is 11.9 Å². The van der Waals surface area contributed by atoms with Crippen molar-refractivity contribution in [1.29, 1.82) is 0 Å². The lowest BCUT2D eigenvalue weighted by molar-refractivity contribution is -0.174. The van der Waals surface area contributed by atoms with Crippen molar-refractivity contribution in [3.8, 4) is 12.3 Å². The van der Waals surface area contributed by atoms with Crippen LogP contribution in [0.15, 0.2) is 0 Å². The molecule has 0 aliphatic carbocycles. The number of nitrogens with zero attached hydrogens (tertiary/aromatic N) is 1. The summed E-state index contributed by atoms with van der Waals surface area (Å²) in [6.07, 6.45) is 6.40. The van der Waals surface area contributed by atoms with Gasteiger partial charge in [0.15, 0.2) is 5.60 Å². The van der Waals surface area contributed by atoms with E-state index in [9.17, 15) is 9.59 Å².